The van der Waals surface area contributed by atoms with Crippen LogP contribution in [0.25, 0.3) is 0 Å². The fourth-order valence-electron chi connectivity index (χ4n) is 1.65. The van der Waals surface area contributed by atoms with E-state index in [1.54, 1.807) is 6.07 Å². The van der Waals surface area contributed by atoms with Crippen molar-refractivity contribution in [3.8, 4) is 0 Å². The molecule has 1 N–H and O–H groups in total. The number of carbonyl (C=O) groups is 1. The van der Waals surface area contributed by atoms with Gasteiger partial charge in [-0.3, -0.25) is 4.79 Å². The van der Waals surface area contributed by atoms with Crippen LogP contribution >= 0.6 is 22.0 Å². The van der Waals surface area contributed by atoms with Crippen LogP contribution < -0.4 is 5.32 Å². The first kappa shape index (κ1) is 18.4. The lowest BCUT2D eigenvalue weighted by atomic mass is 10.1. The fourth-order valence-corrected chi connectivity index (χ4v) is 3.77. The summed E-state index contributed by atoms with van der Waals surface area (Å²) in [6.45, 7) is 6.98. The molecule has 1 amide bonds. The first-order valence-electron chi connectivity index (χ1n) is 6.64. The molecule has 0 aromatic carbocycles. The first-order chi connectivity index (χ1) is 9.74. The summed E-state index contributed by atoms with van der Waals surface area (Å²) in [5.74, 6) is 0.0939. The van der Waals surface area contributed by atoms with E-state index in [1.807, 2.05) is 20.8 Å². The molecule has 120 valence electrons. The molecule has 0 bridgehead atoms. The van der Waals surface area contributed by atoms with Gasteiger partial charge in [-0.2, -0.15) is 0 Å². The fraction of sp³-hybridized carbons (Fsp3) is 0.615. The SMILES string of the molecule is CCOCC(NC(=O)Cc1ccc(S(=O)(=O)Cl)s1)C(C)C. The Balaban J connectivity index is 2.62. The lowest BCUT2D eigenvalue weighted by Gasteiger charge is -2.22. The van der Waals surface area contributed by atoms with Crippen LogP contribution in [-0.4, -0.2) is 33.6 Å². The van der Waals surface area contributed by atoms with Crippen molar-refractivity contribution in [3.63, 3.8) is 0 Å². The Kier molecular flexibility index (Phi) is 7.12. The van der Waals surface area contributed by atoms with E-state index in [0.29, 0.717) is 18.1 Å². The molecule has 8 heteroatoms. The third-order valence-electron chi connectivity index (χ3n) is 2.86. The number of thiophene rings is 1. The molecule has 21 heavy (non-hydrogen) atoms. The Morgan fingerprint density at radius 2 is 2.10 bits per heavy atom. The monoisotopic (exact) mass is 353 g/mol. The Hall–Kier alpha value is -0.630. The van der Waals surface area contributed by atoms with Gasteiger partial charge in [0.2, 0.25) is 5.91 Å². The van der Waals surface area contributed by atoms with Crippen molar-refractivity contribution < 1.29 is 17.9 Å². The van der Waals surface area contributed by atoms with Crippen LogP contribution in [0.1, 0.15) is 25.6 Å². The third-order valence-corrected chi connectivity index (χ3v) is 6.04. The maximum absolute atomic E-state index is 12.0. The zero-order valence-corrected chi connectivity index (χ0v) is 14.6. The predicted molar refractivity (Wildman–Crippen MR) is 84.3 cm³/mol. The quantitative estimate of drug-likeness (QED) is 0.728. The van der Waals surface area contributed by atoms with E-state index in [2.05, 4.69) is 5.32 Å². The Morgan fingerprint density at radius 1 is 1.43 bits per heavy atom. The van der Waals surface area contributed by atoms with Crippen LogP contribution in [0.15, 0.2) is 16.3 Å². The zero-order chi connectivity index (χ0) is 16.0. The Bertz CT molecular complexity index is 568. The number of hydrogen-bond donors (Lipinski definition) is 1. The maximum Gasteiger partial charge on any atom is 0.270 e. The summed E-state index contributed by atoms with van der Waals surface area (Å²) in [6.07, 6.45) is 0.131. The Morgan fingerprint density at radius 3 is 2.57 bits per heavy atom. The van der Waals surface area contributed by atoms with E-state index in [4.69, 9.17) is 15.4 Å². The van der Waals surface area contributed by atoms with Gasteiger partial charge in [-0.05, 0) is 25.0 Å². The molecule has 1 heterocycles. The summed E-state index contributed by atoms with van der Waals surface area (Å²) in [4.78, 5) is 12.7. The number of ether oxygens (including phenoxy) is 1. The number of amides is 1. The summed E-state index contributed by atoms with van der Waals surface area (Å²) < 4.78 is 27.8. The summed E-state index contributed by atoms with van der Waals surface area (Å²) in [5.41, 5.74) is 0. The van der Waals surface area contributed by atoms with Crippen molar-refractivity contribution in [2.75, 3.05) is 13.2 Å². The molecule has 0 aliphatic rings. The lowest BCUT2D eigenvalue weighted by molar-refractivity contribution is -0.121. The Labute approximate surface area is 134 Å². The molecule has 0 spiro atoms. The highest BCUT2D eigenvalue weighted by molar-refractivity contribution is 8.15. The van der Waals surface area contributed by atoms with Gasteiger partial charge in [-0.15, -0.1) is 11.3 Å². The molecule has 0 saturated heterocycles. The van der Waals surface area contributed by atoms with Crippen LogP contribution in [0.4, 0.5) is 0 Å². The zero-order valence-electron chi connectivity index (χ0n) is 12.3. The van der Waals surface area contributed by atoms with Gasteiger partial charge in [0.1, 0.15) is 4.21 Å². The van der Waals surface area contributed by atoms with Crippen LogP contribution in [0.5, 0.6) is 0 Å². The standard InChI is InChI=1S/C13H20ClNO4S2/c1-4-19-8-11(9(2)3)15-12(16)7-10-5-6-13(20-10)21(14,17)18/h5-6,9,11H,4,7-8H2,1-3H3,(H,15,16). The average molecular weight is 354 g/mol. The second-order valence-corrected chi connectivity index (χ2v) is 8.87. The number of nitrogens with one attached hydrogen (secondary N) is 1. The second-order valence-electron chi connectivity index (χ2n) is 4.91. The van der Waals surface area contributed by atoms with Gasteiger partial charge in [-0.1, -0.05) is 13.8 Å². The molecule has 0 radical (unpaired) electrons. The molecule has 0 aliphatic carbocycles. The molecule has 5 nitrogen and oxygen atoms in total. The van der Waals surface area contributed by atoms with Gasteiger partial charge < -0.3 is 10.1 Å². The molecular formula is C13H20ClNO4S2. The van der Waals surface area contributed by atoms with E-state index in [1.165, 1.54) is 6.07 Å². The molecule has 1 unspecified atom stereocenters. The molecule has 1 aromatic rings. The van der Waals surface area contributed by atoms with Crippen molar-refractivity contribution in [2.24, 2.45) is 5.92 Å². The van der Waals surface area contributed by atoms with E-state index < -0.39 is 9.05 Å². The smallest absolute Gasteiger partial charge is 0.270 e. The number of carbonyl (C=O) groups excluding carboxylic acids is 1. The van der Waals surface area contributed by atoms with Gasteiger partial charge >= 0.3 is 0 Å². The van der Waals surface area contributed by atoms with Crippen LogP contribution in [0.3, 0.4) is 0 Å². The maximum atomic E-state index is 12.0. The lowest BCUT2D eigenvalue weighted by Crippen LogP contribution is -2.42. The summed E-state index contributed by atoms with van der Waals surface area (Å²) in [6, 6.07) is 2.95. The molecule has 0 fully saturated rings. The largest absolute Gasteiger partial charge is 0.380 e. The normalized spacial score (nSPS) is 13.4. The minimum absolute atomic E-state index is 0.0571. The van der Waals surface area contributed by atoms with Crippen molar-refractivity contribution in [2.45, 2.75) is 37.4 Å². The first-order valence-corrected chi connectivity index (χ1v) is 9.77. The molecular weight excluding hydrogens is 334 g/mol. The summed E-state index contributed by atoms with van der Waals surface area (Å²) in [7, 11) is 1.53. The predicted octanol–water partition coefficient (Wildman–Crippen LogP) is 2.40. The van der Waals surface area contributed by atoms with Crippen molar-refractivity contribution in [1.82, 2.24) is 5.32 Å². The highest BCUT2D eigenvalue weighted by Gasteiger charge is 2.18. The van der Waals surface area contributed by atoms with Crippen LogP contribution in [0.2, 0.25) is 0 Å². The van der Waals surface area contributed by atoms with Gasteiger partial charge in [0.05, 0.1) is 19.1 Å². The number of halogens is 1. The van der Waals surface area contributed by atoms with Gasteiger partial charge in [0.25, 0.3) is 9.05 Å². The van der Waals surface area contributed by atoms with Crippen molar-refractivity contribution in [3.05, 3.63) is 17.0 Å². The minimum atomic E-state index is -3.73. The molecule has 0 saturated carbocycles. The minimum Gasteiger partial charge on any atom is -0.380 e. The topological polar surface area (TPSA) is 72.5 Å². The van der Waals surface area contributed by atoms with Gasteiger partial charge in [-0.25, -0.2) is 8.42 Å². The molecule has 1 rings (SSSR count). The molecule has 0 aliphatic heterocycles. The van der Waals surface area contributed by atoms with Crippen LogP contribution in [-0.2, 0) is 25.0 Å². The van der Waals surface area contributed by atoms with E-state index in [-0.39, 0.29) is 28.5 Å². The highest BCUT2D eigenvalue weighted by atomic mass is 35.7. The van der Waals surface area contributed by atoms with E-state index >= 15 is 0 Å². The van der Waals surface area contributed by atoms with Gasteiger partial charge in [0, 0.05) is 22.2 Å². The van der Waals surface area contributed by atoms with Crippen molar-refractivity contribution >= 4 is 37.0 Å². The van der Waals surface area contributed by atoms with E-state index in [0.717, 1.165) is 11.3 Å². The summed E-state index contributed by atoms with van der Waals surface area (Å²) in [5, 5.41) is 2.91. The number of hydrogen-bond acceptors (Lipinski definition) is 5. The average Bonchev–Trinajstić information content (AvgIpc) is 2.82. The van der Waals surface area contributed by atoms with Gasteiger partial charge in [0.15, 0.2) is 0 Å². The van der Waals surface area contributed by atoms with E-state index in [9.17, 15) is 13.2 Å². The molecule has 1 atom stereocenters. The third kappa shape index (κ3) is 6.34. The molecule has 1 aromatic heterocycles. The highest BCUT2D eigenvalue weighted by Crippen LogP contribution is 2.25. The summed E-state index contributed by atoms with van der Waals surface area (Å²) >= 11 is 1.01. The van der Waals surface area contributed by atoms with Crippen molar-refractivity contribution in [1.29, 1.82) is 0 Å². The second kappa shape index (κ2) is 8.12. The van der Waals surface area contributed by atoms with Crippen LogP contribution in [0, 0.1) is 5.92 Å². The number of rotatable bonds is 8.